The molecule has 2 aromatic rings. The number of nitrogens with one attached hydrogen (secondary N) is 1. The number of ketones is 1. The maximum Gasteiger partial charge on any atom is 0.343 e. The van der Waals surface area contributed by atoms with Gasteiger partial charge in [-0.25, -0.2) is 5.43 Å². The fraction of sp³-hybridized carbons (Fsp3) is 0.250. The van der Waals surface area contributed by atoms with Crippen LogP contribution in [0.25, 0.3) is 4.85 Å². The van der Waals surface area contributed by atoms with Gasteiger partial charge in [0.05, 0.1) is 10.6 Å². The molecule has 1 aromatic carbocycles. The number of aromatic nitrogens is 1. The first-order valence-corrected chi connectivity index (χ1v) is 7.20. The lowest BCUT2D eigenvalue weighted by molar-refractivity contribution is -0.384. The average Bonchev–Trinajstić information content (AvgIpc) is 3.05. The van der Waals surface area contributed by atoms with Gasteiger partial charge in [-0.2, -0.15) is 0 Å². The Hall–Kier alpha value is -3.54. The number of amidine groups is 1. The molecule has 0 saturated heterocycles. The smallest absolute Gasteiger partial charge is 0.343 e. The summed E-state index contributed by atoms with van der Waals surface area (Å²) in [6, 6.07) is 7.01. The van der Waals surface area contributed by atoms with Crippen molar-refractivity contribution in [2.75, 3.05) is 5.43 Å². The number of nitrogens with zero attached hydrogens (tertiary/aromatic N) is 4. The summed E-state index contributed by atoms with van der Waals surface area (Å²) in [5.41, 5.74) is 2.25. The molecule has 0 bridgehead atoms. The third-order valence-electron chi connectivity index (χ3n) is 3.14. The second kappa shape index (κ2) is 6.92. The number of hydrazone groups is 1. The van der Waals surface area contributed by atoms with Crippen LogP contribution in [0.4, 0.5) is 11.4 Å². The van der Waals surface area contributed by atoms with Crippen molar-refractivity contribution < 1.29 is 14.2 Å². The highest BCUT2D eigenvalue weighted by Crippen LogP contribution is 2.23. The highest BCUT2D eigenvalue weighted by Gasteiger charge is 2.25. The summed E-state index contributed by atoms with van der Waals surface area (Å²) in [4.78, 5) is 25.6. The Kier molecular flexibility index (Phi) is 4.93. The molecule has 0 unspecified atom stereocenters. The summed E-state index contributed by atoms with van der Waals surface area (Å²) in [6.07, 6.45) is 0. The van der Waals surface area contributed by atoms with Gasteiger partial charge in [-0.15, -0.1) is 0 Å². The van der Waals surface area contributed by atoms with Crippen molar-refractivity contribution >= 4 is 23.0 Å². The lowest BCUT2D eigenvalue weighted by Crippen LogP contribution is -2.13. The van der Waals surface area contributed by atoms with Crippen LogP contribution in [0, 0.1) is 16.7 Å². The fourth-order valence-corrected chi connectivity index (χ4v) is 1.78. The quantitative estimate of drug-likeness (QED) is 0.222. The van der Waals surface area contributed by atoms with E-state index in [-0.39, 0.29) is 22.5 Å². The molecule has 0 fully saturated rings. The Balaban J connectivity index is 2.21. The van der Waals surface area contributed by atoms with Crippen LogP contribution in [0.1, 0.15) is 37.0 Å². The minimum absolute atomic E-state index is 0.0273. The SMILES string of the molecule is [C-]#[N+]/C(=N\Nc1cccc([N+](=O)[O-])c1)C(=O)c1cc(C(C)(C)C)on1. The predicted molar refractivity (Wildman–Crippen MR) is 90.3 cm³/mol. The third-order valence-corrected chi connectivity index (χ3v) is 3.14. The predicted octanol–water partition coefficient (Wildman–Crippen LogP) is 3.41. The first kappa shape index (κ1) is 17.8. The molecule has 0 radical (unpaired) electrons. The highest BCUT2D eigenvalue weighted by molar-refractivity contribution is 6.48. The van der Waals surface area contributed by atoms with E-state index >= 15 is 0 Å². The molecule has 0 amide bonds. The number of nitro groups is 1. The number of carbonyl (C=O) groups excluding carboxylic acids is 1. The van der Waals surface area contributed by atoms with E-state index in [1.54, 1.807) is 0 Å². The molecule has 0 spiro atoms. The number of hydrogen-bond acceptors (Lipinski definition) is 7. The van der Waals surface area contributed by atoms with Crippen LogP contribution < -0.4 is 5.43 Å². The molecule has 25 heavy (non-hydrogen) atoms. The van der Waals surface area contributed by atoms with Crippen molar-refractivity contribution in [2.24, 2.45) is 5.10 Å². The molecule has 1 aromatic heterocycles. The second-order valence-corrected chi connectivity index (χ2v) is 6.12. The Morgan fingerprint density at radius 3 is 2.68 bits per heavy atom. The van der Waals surface area contributed by atoms with Gasteiger partial charge < -0.3 is 9.37 Å². The van der Waals surface area contributed by atoms with E-state index < -0.39 is 16.5 Å². The van der Waals surface area contributed by atoms with Gasteiger partial charge in [-0.1, -0.05) is 38.6 Å². The van der Waals surface area contributed by atoms with Gasteiger partial charge >= 0.3 is 5.84 Å². The Bertz CT molecular complexity index is 886. The van der Waals surface area contributed by atoms with Gasteiger partial charge in [0.2, 0.25) is 5.78 Å². The van der Waals surface area contributed by atoms with Gasteiger partial charge in [0.1, 0.15) is 11.5 Å². The van der Waals surface area contributed by atoms with E-state index in [1.807, 2.05) is 20.8 Å². The molecule has 1 N–H and O–H groups in total. The zero-order valence-corrected chi connectivity index (χ0v) is 13.8. The topological polar surface area (TPSA) is 115 Å². The van der Waals surface area contributed by atoms with Crippen LogP contribution in [0.3, 0.4) is 0 Å². The van der Waals surface area contributed by atoms with Crippen molar-refractivity contribution in [3.05, 3.63) is 63.3 Å². The van der Waals surface area contributed by atoms with Crippen molar-refractivity contribution in [2.45, 2.75) is 26.2 Å². The van der Waals surface area contributed by atoms with Crippen molar-refractivity contribution in [1.82, 2.24) is 5.16 Å². The summed E-state index contributed by atoms with van der Waals surface area (Å²) < 4.78 is 5.13. The molecule has 1 heterocycles. The summed E-state index contributed by atoms with van der Waals surface area (Å²) >= 11 is 0. The molecule has 0 atom stereocenters. The number of nitro benzene ring substituents is 1. The van der Waals surface area contributed by atoms with Crippen LogP contribution >= 0.6 is 0 Å². The maximum absolute atomic E-state index is 12.3. The average molecular weight is 341 g/mol. The molecule has 9 nitrogen and oxygen atoms in total. The van der Waals surface area contributed by atoms with E-state index in [0.717, 1.165) is 0 Å². The normalized spacial score (nSPS) is 11.7. The molecule has 0 aliphatic heterocycles. The van der Waals surface area contributed by atoms with E-state index in [9.17, 15) is 14.9 Å². The minimum Gasteiger partial charge on any atom is -0.360 e. The Morgan fingerprint density at radius 2 is 2.12 bits per heavy atom. The largest absolute Gasteiger partial charge is 0.360 e. The summed E-state index contributed by atoms with van der Waals surface area (Å²) in [5.74, 6) is -0.653. The second-order valence-electron chi connectivity index (χ2n) is 6.12. The molecule has 2 rings (SSSR count). The molecular formula is C16H15N5O4. The van der Waals surface area contributed by atoms with E-state index in [0.29, 0.717) is 5.76 Å². The number of hydrogen-bond donors (Lipinski definition) is 1. The number of anilines is 1. The third kappa shape index (κ3) is 4.26. The number of carbonyl (C=O) groups is 1. The highest BCUT2D eigenvalue weighted by atomic mass is 16.6. The lowest BCUT2D eigenvalue weighted by atomic mass is 9.93. The Labute approximate surface area is 143 Å². The van der Waals surface area contributed by atoms with Crippen molar-refractivity contribution in [1.29, 1.82) is 0 Å². The molecule has 9 heteroatoms. The number of rotatable bonds is 5. The first-order chi connectivity index (χ1) is 11.7. The van der Waals surface area contributed by atoms with Crippen LogP contribution in [-0.2, 0) is 5.41 Å². The lowest BCUT2D eigenvalue weighted by Gasteiger charge is -2.11. The van der Waals surface area contributed by atoms with Gasteiger partial charge in [-0.3, -0.25) is 14.9 Å². The van der Waals surface area contributed by atoms with Crippen LogP contribution in [0.15, 0.2) is 40.0 Å². The minimum atomic E-state index is -0.702. The van der Waals surface area contributed by atoms with Crippen LogP contribution in [0.5, 0.6) is 0 Å². The summed E-state index contributed by atoms with van der Waals surface area (Å²) in [6.45, 7) is 12.8. The summed E-state index contributed by atoms with van der Waals surface area (Å²) in [5, 5.41) is 18.1. The molecule has 128 valence electrons. The zero-order chi connectivity index (χ0) is 18.6. The van der Waals surface area contributed by atoms with E-state index in [4.69, 9.17) is 11.1 Å². The van der Waals surface area contributed by atoms with E-state index in [1.165, 1.54) is 30.3 Å². The summed E-state index contributed by atoms with van der Waals surface area (Å²) in [7, 11) is 0. The molecule has 0 aliphatic carbocycles. The standard InChI is InChI=1S/C16H15N5O4/c1-16(2,3)13-9-12(20-25-13)14(22)15(17-4)19-18-10-6-5-7-11(8-10)21(23)24/h5-9,18H,1-3H3/b19-15-. The first-order valence-electron chi connectivity index (χ1n) is 7.20. The van der Waals surface area contributed by atoms with Crippen molar-refractivity contribution in [3.63, 3.8) is 0 Å². The maximum atomic E-state index is 12.3. The number of Topliss-reactive ketones (excluding diaryl/α,β-unsaturated/α-hetero) is 1. The Morgan fingerprint density at radius 1 is 1.40 bits per heavy atom. The van der Waals surface area contributed by atoms with Gasteiger partial charge in [0.15, 0.2) is 0 Å². The monoisotopic (exact) mass is 341 g/mol. The van der Waals surface area contributed by atoms with Gasteiger partial charge in [0, 0.05) is 23.6 Å². The zero-order valence-electron chi connectivity index (χ0n) is 13.8. The van der Waals surface area contributed by atoms with E-state index in [2.05, 4.69) is 20.5 Å². The molecule has 0 saturated carbocycles. The van der Waals surface area contributed by atoms with Crippen LogP contribution in [0.2, 0.25) is 0 Å². The van der Waals surface area contributed by atoms with Gasteiger partial charge in [-0.05, 0) is 11.2 Å². The molecular weight excluding hydrogens is 326 g/mol. The fourth-order valence-electron chi connectivity index (χ4n) is 1.78. The molecule has 0 aliphatic rings. The number of benzene rings is 1. The van der Waals surface area contributed by atoms with Crippen LogP contribution in [-0.4, -0.2) is 21.7 Å². The van der Waals surface area contributed by atoms with Gasteiger partial charge in [0.25, 0.3) is 5.69 Å². The number of non-ortho nitro benzene ring substituents is 1. The van der Waals surface area contributed by atoms with Crippen molar-refractivity contribution in [3.8, 4) is 0 Å².